The number of aryl methyl sites for hydroxylation is 1. The summed E-state index contributed by atoms with van der Waals surface area (Å²) in [6.07, 6.45) is 2.13. The van der Waals surface area contributed by atoms with Crippen LogP contribution in [-0.4, -0.2) is 7.11 Å². The van der Waals surface area contributed by atoms with Gasteiger partial charge in [0, 0.05) is 5.02 Å². The van der Waals surface area contributed by atoms with Crippen LogP contribution >= 0.6 is 23.2 Å². The lowest BCUT2D eigenvalue weighted by molar-refractivity contribution is 0.414. The van der Waals surface area contributed by atoms with E-state index >= 15 is 0 Å². The third-order valence-electron chi connectivity index (χ3n) is 3.69. The molecule has 3 rings (SSSR count). The molecular weight excluding hydrogens is 293 g/mol. The van der Waals surface area contributed by atoms with E-state index in [0.717, 1.165) is 24.3 Å². The van der Waals surface area contributed by atoms with Gasteiger partial charge < -0.3 is 10.1 Å². The molecule has 1 atom stereocenters. The summed E-state index contributed by atoms with van der Waals surface area (Å²) in [5.74, 6) is 0.889. The number of methoxy groups -OCH3 is 1. The fourth-order valence-electron chi connectivity index (χ4n) is 2.65. The SMILES string of the molecule is COc1ccc2c(c1)C(Nc1ccc(Cl)cc1Cl)CC2. The number of hydrogen-bond acceptors (Lipinski definition) is 2. The van der Waals surface area contributed by atoms with Gasteiger partial charge in [-0.05, 0) is 54.3 Å². The molecule has 0 aromatic heterocycles. The summed E-state index contributed by atoms with van der Waals surface area (Å²) >= 11 is 12.1. The molecule has 2 aromatic carbocycles. The van der Waals surface area contributed by atoms with Crippen molar-refractivity contribution in [3.05, 3.63) is 57.6 Å². The number of fused-ring (bicyclic) bond motifs is 1. The van der Waals surface area contributed by atoms with Crippen LogP contribution in [-0.2, 0) is 6.42 Å². The quantitative estimate of drug-likeness (QED) is 0.851. The maximum atomic E-state index is 6.22. The smallest absolute Gasteiger partial charge is 0.119 e. The summed E-state index contributed by atoms with van der Waals surface area (Å²) in [4.78, 5) is 0. The van der Waals surface area contributed by atoms with Crippen LogP contribution in [0.3, 0.4) is 0 Å². The average molecular weight is 308 g/mol. The maximum Gasteiger partial charge on any atom is 0.119 e. The molecule has 0 bridgehead atoms. The second-order valence-electron chi connectivity index (χ2n) is 4.92. The first-order valence-electron chi connectivity index (χ1n) is 6.56. The second kappa shape index (κ2) is 5.55. The first-order chi connectivity index (χ1) is 9.67. The number of ether oxygens (including phenoxy) is 1. The van der Waals surface area contributed by atoms with Gasteiger partial charge in [0.1, 0.15) is 5.75 Å². The fourth-order valence-corrected chi connectivity index (χ4v) is 3.11. The Morgan fingerprint density at radius 2 is 2.00 bits per heavy atom. The third kappa shape index (κ3) is 2.58. The molecular formula is C16H15Cl2NO. The molecule has 0 saturated heterocycles. The number of benzene rings is 2. The summed E-state index contributed by atoms with van der Waals surface area (Å²) in [6, 6.07) is 12.0. The lowest BCUT2D eigenvalue weighted by atomic mass is 10.1. The molecule has 0 aliphatic heterocycles. The molecule has 0 saturated carbocycles. The van der Waals surface area contributed by atoms with Crippen molar-refractivity contribution in [1.29, 1.82) is 0 Å². The molecule has 0 amide bonds. The van der Waals surface area contributed by atoms with Crippen molar-refractivity contribution in [2.45, 2.75) is 18.9 Å². The molecule has 1 N–H and O–H groups in total. The van der Waals surface area contributed by atoms with E-state index in [0.29, 0.717) is 10.0 Å². The minimum atomic E-state index is 0.263. The van der Waals surface area contributed by atoms with Gasteiger partial charge in [-0.1, -0.05) is 29.3 Å². The minimum Gasteiger partial charge on any atom is -0.497 e. The Kier molecular flexibility index (Phi) is 3.77. The lowest BCUT2D eigenvalue weighted by Gasteiger charge is -2.17. The monoisotopic (exact) mass is 307 g/mol. The van der Waals surface area contributed by atoms with Gasteiger partial charge in [0.05, 0.1) is 23.9 Å². The topological polar surface area (TPSA) is 21.3 Å². The molecule has 0 radical (unpaired) electrons. The van der Waals surface area contributed by atoms with Crippen molar-refractivity contribution in [3.63, 3.8) is 0 Å². The molecule has 104 valence electrons. The molecule has 1 aliphatic rings. The van der Waals surface area contributed by atoms with Crippen LogP contribution in [0.15, 0.2) is 36.4 Å². The Hall–Kier alpha value is -1.38. The van der Waals surface area contributed by atoms with E-state index < -0.39 is 0 Å². The summed E-state index contributed by atoms with van der Waals surface area (Å²) in [6.45, 7) is 0. The van der Waals surface area contributed by atoms with E-state index in [1.54, 1.807) is 13.2 Å². The first kappa shape index (κ1) is 13.6. The Morgan fingerprint density at radius 3 is 2.75 bits per heavy atom. The average Bonchev–Trinajstić information content (AvgIpc) is 2.84. The van der Waals surface area contributed by atoms with Crippen LogP contribution in [0.25, 0.3) is 0 Å². The predicted octanol–water partition coefficient (Wildman–Crippen LogP) is 5.10. The van der Waals surface area contributed by atoms with Crippen molar-refractivity contribution in [1.82, 2.24) is 0 Å². The standard InChI is InChI=1S/C16H15Cl2NO/c1-20-12-5-2-10-3-6-15(13(10)9-12)19-16-7-4-11(17)8-14(16)18/h2,4-5,7-9,15,19H,3,6H2,1H3. The predicted molar refractivity (Wildman–Crippen MR) is 84.1 cm³/mol. The van der Waals surface area contributed by atoms with Crippen LogP contribution in [0.2, 0.25) is 10.0 Å². The molecule has 1 unspecified atom stereocenters. The van der Waals surface area contributed by atoms with Gasteiger partial charge >= 0.3 is 0 Å². The largest absolute Gasteiger partial charge is 0.497 e. The van der Waals surface area contributed by atoms with Crippen LogP contribution in [0.5, 0.6) is 5.75 Å². The molecule has 20 heavy (non-hydrogen) atoms. The minimum absolute atomic E-state index is 0.263. The van der Waals surface area contributed by atoms with Crippen molar-refractivity contribution in [2.24, 2.45) is 0 Å². The normalized spacial score (nSPS) is 16.9. The zero-order valence-electron chi connectivity index (χ0n) is 11.1. The van der Waals surface area contributed by atoms with Gasteiger partial charge in [0.2, 0.25) is 0 Å². The number of nitrogens with one attached hydrogen (secondary N) is 1. The third-order valence-corrected chi connectivity index (χ3v) is 4.24. The van der Waals surface area contributed by atoms with Gasteiger partial charge in [-0.3, -0.25) is 0 Å². The van der Waals surface area contributed by atoms with E-state index in [2.05, 4.69) is 17.4 Å². The van der Waals surface area contributed by atoms with Gasteiger partial charge in [0.25, 0.3) is 0 Å². The second-order valence-corrected chi connectivity index (χ2v) is 5.77. The summed E-state index contributed by atoms with van der Waals surface area (Å²) < 4.78 is 5.31. The van der Waals surface area contributed by atoms with Gasteiger partial charge in [0.15, 0.2) is 0 Å². The molecule has 0 fully saturated rings. The number of anilines is 1. The highest BCUT2D eigenvalue weighted by atomic mass is 35.5. The molecule has 2 aromatic rings. The summed E-state index contributed by atoms with van der Waals surface area (Å²) in [7, 11) is 1.69. The van der Waals surface area contributed by atoms with E-state index in [-0.39, 0.29) is 6.04 Å². The van der Waals surface area contributed by atoms with Crippen molar-refractivity contribution >= 4 is 28.9 Å². The van der Waals surface area contributed by atoms with Crippen LogP contribution in [0.4, 0.5) is 5.69 Å². The first-order valence-corrected chi connectivity index (χ1v) is 7.31. The molecule has 2 nitrogen and oxygen atoms in total. The van der Waals surface area contributed by atoms with Crippen LogP contribution < -0.4 is 10.1 Å². The zero-order valence-corrected chi connectivity index (χ0v) is 12.6. The summed E-state index contributed by atoms with van der Waals surface area (Å²) in [5.41, 5.74) is 3.57. The van der Waals surface area contributed by atoms with Gasteiger partial charge in [-0.25, -0.2) is 0 Å². The molecule has 1 aliphatic carbocycles. The Morgan fingerprint density at radius 1 is 1.15 bits per heavy atom. The summed E-state index contributed by atoms with van der Waals surface area (Å²) in [5, 5.41) is 4.79. The number of hydrogen-bond donors (Lipinski definition) is 1. The Balaban J connectivity index is 1.87. The molecule has 0 heterocycles. The van der Waals surface area contributed by atoms with E-state index in [1.807, 2.05) is 18.2 Å². The van der Waals surface area contributed by atoms with Crippen molar-refractivity contribution in [2.75, 3.05) is 12.4 Å². The number of rotatable bonds is 3. The van der Waals surface area contributed by atoms with Crippen LogP contribution in [0, 0.1) is 0 Å². The maximum absolute atomic E-state index is 6.22. The van der Waals surface area contributed by atoms with Gasteiger partial charge in [-0.15, -0.1) is 0 Å². The zero-order chi connectivity index (χ0) is 14.1. The van der Waals surface area contributed by atoms with Gasteiger partial charge in [-0.2, -0.15) is 0 Å². The Bertz CT molecular complexity index is 642. The van der Waals surface area contributed by atoms with E-state index in [1.165, 1.54) is 11.1 Å². The van der Waals surface area contributed by atoms with Crippen molar-refractivity contribution < 1.29 is 4.74 Å². The Labute approximate surface area is 128 Å². The van der Waals surface area contributed by atoms with E-state index in [4.69, 9.17) is 27.9 Å². The van der Waals surface area contributed by atoms with E-state index in [9.17, 15) is 0 Å². The number of halogens is 2. The van der Waals surface area contributed by atoms with Crippen molar-refractivity contribution in [3.8, 4) is 5.75 Å². The highest BCUT2D eigenvalue weighted by molar-refractivity contribution is 6.36. The fraction of sp³-hybridized carbons (Fsp3) is 0.250. The highest BCUT2D eigenvalue weighted by Gasteiger charge is 2.23. The van der Waals surface area contributed by atoms with Crippen LogP contribution in [0.1, 0.15) is 23.6 Å². The lowest BCUT2D eigenvalue weighted by Crippen LogP contribution is -2.07. The molecule has 4 heteroatoms. The molecule has 0 spiro atoms. The highest BCUT2D eigenvalue weighted by Crippen LogP contribution is 2.37.